The number of nitrogens with zero attached hydrogens (tertiary/aromatic N) is 3. The molecule has 0 spiro atoms. The monoisotopic (exact) mass is 423 g/mol. The maximum absolute atomic E-state index is 13.4. The van der Waals surface area contributed by atoms with Crippen molar-refractivity contribution in [3.63, 3.8) is 0 Å². The molecule has 1 atom stereocenters. The Bertz CT molecular complexity index is 1130. The summed E-state index contributed by atoms with van der Waals surface area (Å²) < 4.78 is 0. The third-order valence-electron chi connectivity index (χ3n) is 5.57. The van der Waals surface area contributed by atoms with E-state index >= 15 is 0 Å². The Balaban J connectivity index is 1.78. The molecule has 2 aromatic carbocycles. The van der Waals surface area contributed by atoms with Gasteiger partial charge in [-0.05, 0) is 73.2 Å². The first-order valence-electron chi connectivity index (χ1n) is 9.87. The van der Waals surface area contributed by atoms with E-state index in [-0.39, 0.29) is 34.3 Å². The molecule has 0 radical (unpaired) electrons. The molecule has 1 aliphatic rings. The molecule has 7 heteroatoms. The van der Waals surface area contributed by atoms with E-state index in [1.807, 2.05) is 32.0 Å². The quantitative estimate of drug-likeness (QED) is 0.586. The maximum Gasteiger partial charge on any atom is 0.262 e. The van der Waals surface area contributed by atoms with Crippen LogP contribution >= 0.6 is 11.6 Å². The number of benzene rings is 2. The molecule has 0 bridgehead atoms. The van der Waals surface area contributed by atoms with E-state index in [2.05, 4.69) is 9.97 Å². The predicted octanol–water partition coefficient (Wildman–Crippen LogP) is 4.89. The number of fused-ring (bicyclic) bond motifs is 1. The SMILES string of the molecule is CCC1CCc2cc(-c3nc(Cl)ncc3C)ccc2N1C(=O)c1ccc(O)cc1O. The molecular formula is C23H22ClN3O3. The van der Waals surface area contributed by atoms with Crippen LogP contribution in [0.2, 0.25) is 5.28 Å². The molecule has 0 saturated heterocycles. The van der Waals surface area contributed by atoms with Crippen LogP contribution in [0.25, 0.3) is 11.3 Å². The first-order valence-corrected chi connectivity index (χ1v) is 10.2. The molecule has 0 saturated carbocycles. The lowest BCUT2D eigenvalue weighted by Crippen LogP contribution is -2.43. The standard InChI is InChI=1S/C23H22ClN3O3/c1-3-16-6-4-14-10-15(21-13(2)12-25-23(24)26-21)5-9-19(14)27(16)22(30)18-8-7-17(28)11-20(18)29/h5,7-12,16,28-29H,3-4,6H2,1-2H3. The number of hydrogen-bond donors (Lipinski definition) is 2. The van der Waals surface area contributed by atoms with Gasteiger partial charge in [0.1, 0.15) is 11.5 Å². The highest BCUT2D eigenvalue weighted by Crippen LogP contribution is 2.37. The third kappa shape index (κ3) is 3.59. The Labute approximate surface area is 179 Å². The van der Waals surface area contributed by atoms with Gasteiger partial charge in [-0.3, -0.25) is 4.79 Å². The molecule has 1 unspecified atom stereocenters. The summed E-state index contributed by atoms with van der Waals surface area (Å²) >= 11 is 5.99. The number of aromatic nitrogens is 2. The first kappa shape index (κ1) is 20.2. The highest BCUT2D eigenvalue weighted by atomic mass is 35.5. The molecule has 2 N–H and O–H groups in total. The highest BCUT2D eigenvalue weighted by Gasteiger charge is 2.32. The van der Waals surface area contributed by atoms with E-state index in [9.17, 15) is 15.0 Å². The Morgan fingerprint density at radius 3 is 2.77 bits per heavy atom. The zero-order valence-corrected chi connectivity index (χ0v) is 17.5. The number of aromatic hydroxyl groups is 2. The molecule has 4 rings (SSSR count). The fourth-order valence-corrected chi connectivity index (χ4v) is 4.15. The van der Waals surface area contributed by atoms with Crippen LogP contribution in [-0.2, 0) is 6.42 Å². The minimum absolute atomic E-state index is 0.0271. The second kappa shape index (κ2) is 7.95. The van der Waals surface area contributed by atoms with Gasteiger partial charge in [0.15, 0.2) is 0 Å². The largest absolute Gasteiger partial charge is 0.508 e. The summed E-state index contributed by atoms with van der Waals surface area (Å²) in [6.07, 6.45) is 4.15. The molecule has 1 aromatic heterocycles. The lowest BCUT2D eigenvalue weighted by molar-refractivity contribution is 0.0969. The molecule has 30 heavy (non-hydrogen) atoms. The van der Waals surface area contributed by atoms with Crippen LogP contribution < -0.4 is 4.90 Å². The van der Waals surface area contributed by atoms with Crippen molar-refractivity contribution in [1.82, 2.24) is 9.97 Å². The van der Waals surface area contributed by atoms with Gasteiger partial charge in [0, 0.05) is 29.6 Å². The van der Waals surface area contributed by atoms with E-state index in [1.165, 1.54) is 18.2 Å². The van der Waals surface area contributed by atoms with Crippen molar-refractivity contribution in [1.29, 1.82) is 0 Å². The van der Waals surface area contributed by atoms with Gasteiger partial charge < -0.3 is 15.1 Å². The Morgan fingerprint density at radius 2 is 2.03 bits per heavy atom. The Kier molecular flexibility index (Phi) is 5.35. The molecule has 6 nitrogen and oxygen atoms in total. The average molecular weight is 424 g/mol. The van der Waals surface area contributed by atoms with Crippen LogP contribution in [0.4, 0.5) is 5.69 Å². The van der Waals surface area contributed by atoms with Gasteiger partial charge in [-0.15, -0.1) is 0 Å². The fourth-order valence-electron chi connectivity index (χ4n) is 4.02. The second-order valence-corrected chi connectivity index (χ2v) is 7.83. The summed E-state index contributed by atoms with van der Waals surface area (Å²) in [5, 5.41) is 20.0. The second-order valence-electron chi connectivity index (χ2n) is 7.49. The van der Waals surface area contributed by atoms with Gasteiger partial charge in [-0.25, -0.2) is 9.97 Å². The number of aryl methyl sites for hydroxylation is 2. The summed E-state index contributed by atoms with van der Waals surface area (Å²) in [6.45, 7) is 3.98. The summed E-state index contributed by atoms with van der Waals surface area (Å²) in [5.74, 6) is -0.599. The van der Waals surface area contributed by atoms with E-state index in [0.717, 1.165) is 47.3 Å². The molecule has 154 valence electrons. The topological polar surface area (TPSA) is 86.6 Å². The zero-order valence-electron chi connectivity index (χ0n) is 16.8. The minimum atomic E-state index is -0.283. The van der Waals surface area contributed by atoms with Gasteiger partial charge in [0.05, 0.1) is 11.3 Å². The molecular weight excluding hydrogens is 402 g/mol. The number of phenolic OH excluding ortho intramolecular Hbond substituents is 2. The lowest BCUT2D eigenvalue weighted by Gasteiger charge is -2.37. The van der Waals surface area contributed by atoms with Crippen LogP contribution in [0.3, 0.4) is 0 Å². The van der Waals surface area contributed by atoms with Crippen molar-refractivity contribution in [3.05, 3.63) is 64.6 Å². The van der Waals surface area contributed by atoms with Crippen LogP contribution in [0, 0.1) is 6.92 Å². The number of halogens is 1. The Morgan fingerprint density at radius 1 is 1.23 bits per heavy atom. The summed E-state index contributed by atoms with van der Waals surface area (Å²) in [7, 11) is 0. The number of rotatable bonds is 3. The van der Waals surface area contributed by atoms with Gasteiger partial charge in [-0.1, -0.05) is 13.0 Å². The van der Waals surface area contributed by atoms with Crippen molar-refractivity contribution in [2.24, 2.45) is 0 Å². The number of carbonyl (C=O) groups excluding carboxylic acids is 1. The number of phenols is 2. The molecule has 3 aromatic rings. The van der Waals surface area contributed by atoms with Crippen LogP contribution in [0.1, 0.15) is 41.3 Å². The summed E-state index contributed by atoms with van der Waals surface area (Å²) in [5.41, 5.74) is 4.64. The van der Waals surface area contributed by atoms with E-state index in [0.29, 0.717) is 0 Å². The maximum atomic E-state index is 13.4. The molecule has 2 heterocycles. The predicted molar refractivity (Wildman–Crippen MR) is 116 cm³/mol. The number of anilines is 1. The van der Waals surface area contributed by atoms with Crippen LogP contribution in [0.15, 0.2) is 42.6 Å². The number of hydrogen-bond acceptors (Lipinski definition) is 5. The highest BCUT2D eigenvalue weighted by molar-refractivity contribution is 6.28. The fraction of sp³-hybridized carbons (Fsp3) is 0.261. The summed E-state index contributed by atoms with van der Waals surface area (Å²) in [4.78, 5) is 23.5. The van der Waals surface area contributed by atoms with Crippen molar-refractivity contribution in [2.45, 2.75) is 39.2 Å². The van der Waals surface area contributed by atoms with Crippen molar-refractivity contribution >= 4 is 23.2 Å². The van der Waals surface area contributed by atoms with E-state index < -0.39 is 0 Å². The van der Waals surface area contributed by atoms with Crippen LogP contribution in [-0.4, -0.2) is 32.1 Å². The van der Waals surface area contributed by atoms with Crippen molar-refractivity contribution in [3.8, 4) is 22.8 Å². The van der Waals surface area contributed by atoms with E-state index in [4.69, 9.17) is 11.6 Å². The van der Waals surface area contributed by atoms with Gasteiger partial charge >= 0.3 is 0 Å². The van der Waals surface area contributed by atoms with Crippen LogP contribution in [0.5, 0.6) is 11.5 Å². The number of amides is 1. The first-order chi connectivity index (χ1) is 14.4. The lowest BCUT2D eigenvalue weighted by atomic mass is 9.91. The average Bonchev–Trinajstić information content (AvgIpc) is 2.73. The zero-order chi connectivity index (χ0) is 21.4. The summed E-state index contributed by atoms with van der Waals surface area (Å²) in [6, 6.07) is 9.97. The van der Waals surface area contributed by atoms with Crippen molar-refractivity contribution < 1.29 is 15.0 Å². The van der Waals surface area contributed by atoms with E-state index in [1.54, 1.807) is 11.1 Å². The third-order valence-corrected chi connectivity index (χ3v) is 5.75. The minimum Gasteiger partial charge on any atom is -0.508 e. The molecule has 1 amide bonds. The van der Waals surface area contributed by atoms with Gasteiger partial charge in [0.2, 0.25) is 5.28 Å². The Hall–Kier alpha value is -3.12. The van der Waals surface area contributed by atoms with Crippen molar-refractivity contribution in [2.75, 3.05) is 4.90 Å². The number of carbonyl (C=O) groups is 1. The smallest absolute Gasteiger partial charge is 0.262 e. The normalized spacial score (nSPS) is 15.7. The molecule has 1 aliphatic heterocycles. The molecule has 0 fully saturated rings. The molecule has 0 aliphatic carbocycles. The van der Waals surface area contributed by atoms with Gasteiger partial charge in [0.25, 0.3) is 5.91 Å². The van der Waals surface area contributed by atoms with Gasteiger partial charge in [-0.2, -0.15) is 0 Å².